The van der Waals surface area contributed by atoms with E-state index in [9.17, 15) is 4.79 Å². The number of hydrogen-bond donors (Lipinski definition) is 1. The molecule has 5 nitrogen and oxygen atoms in total. The molecule has 138 valence electrons. The quantitative estimate of drug-likeness (QED) is 0.563. The third-order valence-corrected chi connectivity index (χ3v) is 4.39. The standard InChI is InChI=1S/C21H18BrNO4/c1-25-19-13-14(12-16(22)20(19)26-2)21(24)23-17-10-6-7-11-18(17)27-15-8-4-3-5-9-15/h3-13H,1-2H3,(H,23,24). The number of amides is 1. The zero-order valence-corrected chi connectivity index (χ0v) is 16.4. The molecular weight excluding hydrogens is 410 g/mol. The molecule has 3 rings (SSSR count). The Morgan fingerprint density at radius 1 is 0.889 bits per heavy atom. The molecule has 0 aromatic heterocycles. The van der Waals surface area contributed by atoms with Crippen LogP contribution in [-0.4, -0.2) is 20.1 Å². The molecule has 6 heteroatoms. The Hall–Kier alpha value is -2.99. The summed E-state index contributed by atoms with van der Waals surface area (Å²) in [5.41, 5.74) is 0.992. The number of benzene rings is 3. The van der Waals surface area contributed by atoms with Gasteiger partial charge in [0.05, 0.1) is 24.4 Å². The van der Waals surface area contributed by atoms with E-state index < -0.39 is 0 Å². The second kappa shape index (κ2) is 8.60. The molecule has 27 heavy (non-hydrogen) atoms. The lowest BCUT2D eigenvalue weighted by molar-refractivity contribution is 0.102. The van der Waals surface area contributed by atoms with Crippen molar-refractivity contribution >= 4 is 27.5 Å². The van der Waals surface area contributed by atoms with Crippen LogP contribution >= 0.6 is 15.9 Å². The minimum atomic E-state index is -0.291. The number of hydrogen-bond acceptors (Lipinski definition) is 4. The Balaban J connectivity index is 1.86. The molecule has 0 aliphatic rings. The molecule has 0 radical (unpaired) electrons. The van der Waals surface area contributed by atoms with Crippen molar-refractivity contribution in [2.75, 3.05) is 19.5 Å². The van der Waals surface area contributed by atoms with Crippen molar-refractivity contribution in [1.82, 2.24) is 0 Å². The first-order valence-corrected chi connectivity index (χ1v) is 8.96. The van der Waals surface area contributed by atoms with Crippen LogP contribution in [0, 0.1) is 0 Å². The molecule has 1 amide bonds. The van der Waals surface area contributed by atoms with Crippen LogP contribution in [0.25, 0.3) is 0 Å². The molecule has 0 heterocycles. The van der Waals surface area contributed by atoms with E-state index in [1.54, 1.807) is 31.4 Å². The average molecular weight is 428 g/mol. The Morgan fingerprint density at radius 2 is 1.59 bits per heavy atom. The number of halogens is 1. The lowest BCUT2D eigenvalue weighted by Gasteiger charge is -2.14. The lowest BCUT2D eigenvalue weighted by atomic mass is 10.1. The molecule has 3 aromatic rings. The van der Waals surface area contributed by atoms with Crippen molar-refractivity contribution in [2.24, 2.45) is 0 Å². The van der Waals surface area contributed by atoms with Crippen LogP contribution in [0.2, 0.25) is 0 Å². The topological polar surface area (TPSA) is 56.8 Å². The lowest BCUT2D eigenvalue weighted by Crippen LogP contribution is -2.13. The monoisotopic (exact) mass is 427 g/mol. The molecular formula is C21H18BrNO4. The summed E-state index contributed by atoms with van der Waals surface area (Å²) in [6, 6.07) is 20.0. The predicted molar refractivity (Wildman–Crippen MR) is 108 cm³/mol. The first-order valence-electron chi connectivity index (χ1n) is 8.17. The van der Waals surface area contributed by atoms with Crippen molar-refractivity contribution in [3.63, 3.8) is 0 Å². The molecule has 0 aliphatic carbocycles. The van der Waals surface area contributed by atoms with Crippen molar-refractivity contribution in [2.45, 2.75) is 0 Å². The van der Waals surface area contributed by atoms with E-state index in [-0.39, 0.29) is 5.91 Å². The number of para-hydroxylation sites is 3. The van der Waals surface area contributed by atoms with Gasteiger partial charge in [0.15, 0.2) is 17.2 Å². The van der Waals surface area contributed by atoms with Crippen LogP contribution in [0.3, 0.4) is 0 Å². The fourth-order valence-corrected chi connectivity index (χ4v) is 3.12. The summed E-state index contributed by atoms with van der Waals surface area (Å²) in [5.74, 6) is 1.94. The normalized spacial score (nSPS) is 10.2. The summed E-state index contributed by atoms with van der Waals surface area (Å²) in [7, 11) is 3.06. The number of carbonyl (C=O) groups is 1. The number of methoxy groups -OCH3 is 2. The predicted octanol–water partition coefficient (Wildman–Crippen LogP) is 5.51. The molecule has 0 unspecified atom stereocenters. The first-order chi connectivity index (χ1) is 13.1. The fraction of sp³-hybridized carbons (Fsp3) is 0.0952. The van der Waals surface area contributed by atoms with Crippen molar-refractivity contribution in [3.05, 3.63) is 76.8 Å². The highest BCUT2D eigenvalue weighted by atomic mass is 79.9. The summed E-state index contributed by atoms with van der Waals surface area (Å²) in [4.78, 5) is 12.8. The van der Waals surface area contributed by atoms with Crippen molar-refractivity contribution < 1.29 is 19.0 Å². The minimum Gasteiger partial charge on any atom is -0.493 e. The molecule has 0 atom stereocenters. The summed E-state index contributed by atoms with van der Waals surface area (Å²) in [6.07, 6.45) is 0. The summed E-state index contributed by atoms with van der Waals surface area (Å²) in [5, 5.41) is 2.88. The molecule has 0 bridgehead atoms. The largest absolute Gasteiger partial charge is 0.493 e. The van der Waals surface area contributed by atoms with E-state index in [0.717, 1.165) is 0 Å². The van der Waals surface area contributed by atoms with Crippen molar-refractivity contribution in [1.29, 1.82) is 0 Å². The maximum Gasteiger partial charge on any atom is 0.255 e. The highest BCUT2D eigenvalue weighted by molar-refractivity contribution is 9.10. The maximum atomic E-state index is 12.8. The number of rotatable bonds is 6. The van der Waals surface area contributed by atoms with E-state index in [4.69, 9.17) is 14.2 Å². The van der Waals surface area contributed by atoms with Gasteiger partial charge in [-0.25, -0.2) is 0 Å². The van der Waals surface area contributed by atoms with Gasteiger partial charge in [-0.2, -0.15) is 0 Å². The summed E-state index contributed by atoms with van der Waals surface area (Å²) >= 11 is 3.40. The van der Waals surface area contributed by atoms with E-state index in [1.807, 2.05) is 42.5 Å². The Labute approximate surface area is 166 Å². The molecule has 0 fully saturated rings. The highest BCUT2D eigenvalue weighted by Gasteiger charge is 2.16. The third-order valence-electron chi connectivity index (χ3n) is 3.80. The van der Waals surface area contributed by atoms with Gasteiger partial charge in [0.25, 0.3) is 5.91 Å². The zero-order valence-electron chi connectivity index (χ0n) is 14.9. The van der Waals surface area contributed by atoms with Crippen LogP contribution in [0.1, 0.15) is 10.4 Å². The first kappa shape index (κ1) is 18.8. The van der Waals surface area contributed by atoms with E-state index in [0.29, 0.717) is 38.7 Å². The van der Waals surface area contributed by atoms with Gasteiger partial charge in [-0.05, 0) is 52.3 Å². The SMILES string of the molecule is COc1cc(C(=O)Nc2ccccc2Oc2ccccc2)cc(Br)c1OC. The zero-order chi connectivity index (χ0) is 19.2. The van der Waals surface area contributed by atoms with Crippen LogP contribution in [0.4, 0.5) is 5.69 Å². The van der Waals surface area contributed by atoms with E-state index >= 15 is 0 Å². The average Bonchev–Trinajstić information content (AvgIpc) is 2.69. The third kappa shape index (κ3) is 4.41. The van der Waals surface area contributed by atoms with Gasteiger partial charge in [0.2, 0.25) is 0 Å². The number of ether oxygens (including phenoxy) is 3. The molecule has 0 spiro atoms. The van der Waals surface area contributed by atoms with Crippen molar-refractivity contribution in [3.8, 4) is 23.0 Å². The van der Waals surface area contributed by atoms with Gasteiger partial charge in [-0.3, -0.25) is 4.79 Å². The number of anilines is 1. The van der Waals surface area contributed by atoms with Gasteiger partial charge in [-0.1, -0.05) is 30.3 Å². The van der Waals surface area contributed by atoms with E-state index in [2.05, 4.69) is 21.2 Å². The second-order valence-electron chi connectivity index (χ2n) is 5.56. The van der Waals surface area contributed by atoms with Gasteiger partial charge >= 0.3 is 0 Å². The number of nitrogens with one attached hydrogen (secondary N) is 1. The summed E-state index contributed by atoms with van der Waals surface area (Å²) < 4.78 is 17.1. The second-order valence-corrected chi connectivity index (χ2v) is 6.41. The smallest absolute Gasteiger partial charge is 0.255 e. The Kier molecular flexibility index (Phi) is 5.98. The molecule has 0 saturated carbocycles. The molecule has 0 aliphatic heterocycles. The van der Waals surface area contributed by atoms with Gasteiger partial charge in [0.1, 0.15) is 5.75 Å². The number of carbonyl (C=O) groups excluding carboxylic acids is 1. The van der Waals surface area contributed by atoms with Gasteiger partial charge in [0, 0.05) is 5.56 Å². The van der Waals surface area contributed by atoms with Gasteiger partial charge in [-0.15, -0.1) is 0 Å². The van der Waals surface area contributed by atoms with Gasteiger partial charge < -0.3 is 19.5 Å². The van der Waals surface area contributed by atoms with Crippen LogP contribution in [-0.2, 0) is 0 Å². The van der Waals surface area contributed by atoms with E-state index in [1.165, 1.54) is 7.11 Å². The Morgan fingerprint density at radius 3 is 2.30 bits per heavy atom. The van der Waals surface area contributed by atoms with Crippen LogP contribution in [0.15, 0.2) is 71.2 Å². The molecule has 1 N–H and O–H groups in total. The summed E-state index contributed by atoms with van der Waals surface area (Å²) in [6.45, 7) is 0. The molecule has 3 aromatic carbocycles. The Bertz CT molecular complexity index is 944. The van der Waals surface area contributed by atoms with Crippen LogP contribution < -0.4 is 19.5 Å². The minimum absolute atomic E-state index is 0.291. The maximum absolute atomic E-state index is 12.8. The fourth-order valence-electron chi connectivity index (χ4n) is 2.52. The highest BCUT2D eigenvalue weighted by Crippen LogP contribution is 2.37. The molecule has 0 saturated heterocycles. The van der Waals surface area contributed by atoms with Crippen LogP contribution in [0.5, 0.6) is 23.0 Å².